The molecule has 0 fully saturated rings. The van der Waals surface area contributed by atoms with E-state index in [0.29, 0.717) is 11.7 Å². The number of halogens is 1. The zero-order valence-corrected chi connectivity index (χ0v) is 16.1. The second-order valence-electron chi connectivity index (χ2n) is 5.96. The number of benzene rings is 2. The first-order valence-electron chi connectivity index (χ1n) is 8.09. The summed E-state index contributed by atoms with van der Waals surface area (Å²) in [7, 11) is 1.70. The van der Waals surface area contributed by atoms with E-state index in [1.54, 1.807) is 13.1 Å². The summed E-state index contributed by atoms with van der Waals surface area (Å²) in [5.74, 6) is 0.754. The van der Waals surface area contributed by atoms with Crippen molar-refractivity contribution in [1.82, 2.24) is 15.0 Å². The summed E-state index contributed by atoms with van der Waals surface area (Å²) in [6.07, 6.45) is 3.33. The molecular formula is C20H18BrN3O2. The second kappa shape index (κ2) is 8.10. The number of hydrogen-bond donors (Lipinski definition) is 0. The van der Waals surface area contributed by atoms with Gasteiger partial charge in [-0.3, -0.25) is 4.79 Å². The van der Waals surface area contributed by atoms with E-state index in [9.17, 15) is 4.79 Å². The van der Waals surface area contributed by atoms with Gasteiger partial charge in [-0.2, -0.15) is 4.98 Å². The van der Waals surface area contributed by atoms with Crippen molar-refractivity contribution < 1.29 is 9.32 Å². The Morgan fingerprint density at radius 1 is 1.23 bits per heavy atom. The van der Waals surface area contributed by atoms with Crippen molar-refractivity contribution in [2.75, 3.05) is 7.05 Å². The molecular weight excluding hydrogens is 394 g/mol. The first kappa shape index (κ1) is 18.1. The summed E-state index contributed by atoms with van der Waals surface area (Å²) in [5, 5.41) is 3.98. The first-order valence-corrected chi connectivity index (χ1v) is 8.89. The molecule has 0 unspecified atom stereocenters. The summed E-state index contributed by atoms with van der Waals surface area (Å²) in [5.41, 5.74) is 3.01. The van der Waals surface area contributed by atoms with Crippen molar-refractivity contribution in [3.05, 3.63) is 76.1 Å². The molecule has 5 nitrogen and oxygen atoms in total. The number of carbonyl (C=O) groups excluding carboxylic acids is 1. The van der Waals surface area contributed by atoms with Crippen LogP contribution in [0.4, 0.5) is 0 Å². The quantitative estimate of drug-likeness (QED) is 0.580. The van der Waals surface area contributed by atoms with Crippen LogP contribution in [0.15, 0.2) is 63.6 Å². The van der Waals surface area contributed by atoms with Crippen LogP contribution in [0.5, 0.6) is 0 Å². The highest BCUT2D eigenvalue weighted by molar-refractivity contribution is 9.10. The number of aryl methyl sites for hydroxylation is 1. The fourth-order valence-electron chi connectivity index (χ4n) is 2.32. The Morgan fingerprint density at radius 2 is 2.00 bits per heavy atom. The van der Waals surface area contributed by atoms with E-state index in [4.69, 9.17) is 4.52 Å². The van der Waals surface area contributed by atoms with Crippen LogP contribution in [0.25, 0.3) is 17.5 Å². The number of rotatable bonds is 5. The Labute approximate surface area is 160 Å². The maximum atomic E-state index is 12.3. The summed E-state index contributed by atoms with van der Waals surface area (Å²) in [6.45, 7) is 2.28. The minimum atomic E-state index is -0.132. The zero-order chi connectivity index (χ0) is 18.5. The third-order valence-corrected chi connectivity index (χ3v) is 4.29. The molecule has 26 heavy (non-hydrogen) atoms. The van der Waals surface area contributed by atoms with Gasteiger partial charge in [0.05, 0.1) is 6.54 Å². The molecule has 1 amide bonds. The molecule has 0 saturated heterocycles. The Hall–Kier alpha value is -2.73. The summed E-state index contributed by atoms with van der Waals surface area (Å²) >= 11 is 3.42. The Bertz CT molecular complexity index is 932. The lowest BCUT2D eigenvalue weighted by Crippen LogP contribution is -2.24. The van der Waals surface area contributed by atoms with E-state index in [2.05, 4.69) is 26.1 Å². The summed E-state index contributed by atoms with van der Waals surface area (Å²) in [4.78, 5) is 18.1. The third kappa shape index (κ3) is 4.67. The van der Waals surface area contributed by atoms with Gasteiger partial charge in [0, 0.05) is 23.2 Å². The van der Waals surface area contributed by atoms with Crippen LogP contribution < -0.4 is 0 Å². The van der Waals surface area contributed by atoms with Crippen LogP contribution in [0.3, 0.4) is 0 Å². The van der Waals surface area contributed by atoms with Gasteiger partial charge in [0.25, 0.3) is 0 Å². The molecule has 2 aromatic carbocycles. The van der Waals surface area contributed by atoms with Gasteiger partial charge in [-0.15, -0.1) is 0 Å². The summed E-state index contributed by atoms with van der Waals surface area (Å²) in [6, 6.07) is 15.6. The average Bonchev–Trinajstić information content (AvgIpc) is 3.09. The Balaban J connectivity index is 1.63. The van der Waals surface area contributed by atoms with Gasteiger partial charge in [0.15, 0.2) is 0 Å². The van der Waals surface area contributed by atoms with Crippen LogP contribution >= 0.6 is 15.9 Å². The number of amides is 1. The Kier molecular flexibility index (Phi) is 5.63. The minimum Gasteiger partial charge on any atom is -0.337 e. The first-order chi connectivity index (χ1) is 12.5. The van der Waals surface area contributed by atoms with E-state index in [-0.39, 0.29) is 12.5 Å². The van der Waals surface area contributed by atoms with Gasteiger partial charge in [0.2, 0.25) is 17.6 Å². The molecule has 0 radical (unpaired) electrons. The predicted octanol–water partition coefficient (Wildman–Crippen LogP) is 4.48. The normalized spacial score (nSPS) is 11.0. The molecule has 6 heteroatoms. The maximum absolute atomic E-state index is 12.3. The van der Waals surface area contributed by atoms with Crippen molar-refractivity contribution in [1.29, 1.82) is 0 Å². The molecule has 3 aromatic rings. The fraction of sp³-hybridized carbons (Fsp3) is 0.150. The van der Waals surface area contributed by atoms with E-state index in [0.717, 1.165) is 15.6 Å². The predicted molar refractivity (Wildman–Crippen MR) is 104 cm³/mol. The van der Waals surface area contributed by atoms with Gasteiger partial charge >= 0.3 is 0 Å². The van der Waals surface area contributed by atoms with E-state index >= 15 is 0 Å². The van der Waals surface area contributed by atoms with Gasteiger partial charge < -0.3 is 9.42 Å². The third-order valence-electron chi connectivity index (χ3n) is 3.80. The minimum absolute atomic E-state index is 0.132. The van der Waals surface area contributed by atoms with E-state index < -0.39 is 0 Å². The van der Waals surface area contributed by atoms with Crippen molar-refractivity contribution in [3.63, 3.8) is 0 Å². The van der Waals surface area contributed by atoms with Crippen LogP contribution in [-0.4, -0.2) is 28.0 Å². The van der Waals surface area contributed by atoms with Crippen LogP contribution in [-0.2, 0) is 11.3 Å². The average molecular weight is 412 g/mol. The van der Waals surface area contributed by atoms with Crippen molar-refractivity contribution in [3.8, 4) is 11.4 Å². The van der Waals surface area contributed by atoms with Gasteiger partial charge in [0.1, 0.15) is 0 Å². The molecule has 0 N–H and O–H groups in total. The van der Waals surface area contributed by atoms with Crippen molar-refractivity contribution in [2.45, 2.75) is 13.5 Å². The largest absolute Gasteiger partial charge is 0.337 e. The van der Waals surface area contributed by atoms with Crippen molar-refractivity contribution >= 4 is 27.9 Å². The highest BCUT2D eigenvalue weighted by Gasteiger charge is 2.13. The number of aromatic nitrogens is 2. The lowest BCUT2D eigenvalue weighted by Gasteiger charge is -2.11. The molecule has 0 spiro atoms. The molecule has 0 bridgehead atoms. The van der Waals surface area contributed by atoms with Crippen LogP contribution in [0.1, 0.15) is 17.0 Å². The maximum Gasteiger partial charge on any atom is 0.246 e. The number of nitrogens with zero attached hydrogens (tertiary/aromatic N) is 3. The molecule has 0 aliphatic carbocycles. The smallest absolute Gasteiger partial charge is 0.246 e. The number of hydrogen-bond acceptors (Lipinski definition) is 4. The molecule has 1 aromatic heterocycles. The van der Waals surface area contributed by atoms with E-state index in [1.807, 2.05) is 55.5 Å². The monoisotopic (exact) mass is 411 g/mol. The SMILES string of the molecule is Cc1ccc(/C=C/C(=O)N(C)Cc2nc(-c3cccc(Br)c3)no2)cc1. The fourth-order valence-corrected chi connectivity index (χ4v) is 2.72. The topological polar surface area (TPSA) is 59.2 Å². The van der Waals surface area contributed by atoms with E-state index in [1.165, 1.54) is 16.5 Å². The molecule has 0 atom stereocenters. The lowest BCUT2D eigenvalue weighted by molar-refractivity contribution is -0.125. The number of likely N-dealkylation sites (N-methyl/N-ethyl adjacent to an activating group) is 1. The molecule has 0 aliphatic rings. The van der Waals surface area contributed by atoms with Crippen molar-refractivity contribution in [2.24, 2.45) is 0 Å². The Morgan fingerprint density at radius 3 is 2.73 bits per heavy atom. The zero-order valence-electron chi connectivity index (χ0n) is 14.5. The van der Waals surface area contributed by atoms with Gasteiger partial charge in [-0.05, 0) is 30.7 Å². The molecule has 3 rings (SSSR count). The molecule has 0 aliphatic heterocycles. The molecule has 0 saturated carbocycles. The van der Waals surface area contributed by atoms with Crippen LogP contribution in [0.2, 0.25) is 0 Å². The van der Waals surface area contributed by atoms with Gasteiger partial charge in [-0.25, -0.2) is 0 Å². The van der Waals surface area contributed by atoms with Gasteiger partial charge in [-0.1, -0.05) is 63.0 Å². The number of carbonyl (C=O) groups is 1. The lowest BCUT2D eigenvalue weighted by atomic mass is 10.1. The second-order valence-corrected chi connectivity index (χ2v) is 6.88. The molecule has 1 heterocycles. The molecule has 132 valence electrons. The highest BCUT2D eigenvalue weighted by Crippen LogP contribution is 2.20. The van der Waals surface area contributed by atoms with Crippen LogP contribution in [0, 0.1) is 6.92 Å². The standard InChI is InChI=1S/C20H18BrN3O2/c1-14-6-8-15(9-7-14)10-11-19(25)24(2)13-18-22-20(23-26-18)16-4-3-5-17(21)12-16/h3-12H,13H2,1-2H3/b11-10+. The summed E-state index contributed by atoms with van der Waals surface area (Å²) < 4.78 is 6.20. The highest BCUT2D eigenvalue weighted by atomic mass is 79.9.